The summed E-state index contributed by atoms with van der Waals surface area (Å²) in [6, 6.07) is 5.67. The van der Waals surface area contributed by atoms with Gasteiger partial charge in [-0.25, -0.2) is 0 Å². The molecule has 0 spiro atoms. The second-order valence-corrected chi connectivity index (χ2v) is 2.91. The number of aliphatic hydroxyl groups is 1. The Kier molecular flexibility index (Phi) is 3.58. The highest BCUT2D eigenvalue weighted by molar-refractivity contribution is 5.57. The minimum atomic E-state index is 0.145. The van der Waals surface area contributed by atoms with Crippen LogP contribution in [0.3, 0.4) is 0 Å². The van der Waals surface area contributed by atoms with E-state index in [1.54, 1.807) is 0 Å². The normalized spacial score (nSPS) is 10.0. The summed E-state index contributed by atoms with van der Waals surface area (Å²) >= 11 is 0. The number of aliphatic hydroxyl groups excluding tert-OH is 1. The molecule has 3 nitrogen and oxygen atoms in total. The Bertz CT molecular complexity index is 274. The van der Waals surface area contributed by atoms with Crippen molar-refractivity contribution in [3.05, 3.63) is 23.8 Å². The van der Waals surface area contributed by atoms with Crippen molar-refractivity contribution in [2.75, 3.05) is 18.9 Å². The molecule has 3 N–H and O–H groups in total. The van der Waals surface area contributed by atoms with Crippen LogP contribution in [0.1, 0.15) is 12.0 Å². The summed E-state index contributed by atoms with van der Waals surface area (Å²) in [7, 11) is 0. The van der Waals surface area contributed by atoms with E-state index in [1.165, 1.54) is 0 Å². The van der Waals surface area contributed by atoms with Crippen molar-refractivity contribution in [2.24, 2.45) is 0 Å². The zero-order valence-corrected chi connectivity index (χ0v) is 7.79. The predicted molar refractivity (Wildman–Crippen MR) is 52.8 cm³/mol. The number of rotatable bonds is 4. The second-order valence-electron chi connectivity index (χ2n) is 2.91. The fourth-order valence-corrected chi connectivity index (χ4v) is 1.03. The topological polar surface area (TPSA) is 55.5 Å². The zero-order chi connectivity index (χ0) is 9.68. The number of hydrogen-bond acceptors (Lipinski definition) is 3. The lowest BCUT2D eigenvalue weighted by Gasteiger charge is -2.09. The van der Waals surface area contributed by atoms with Gasteiger partial charge in [0.1, 0.15) is 5.75 Å². The van der Waals surface area contributed by atoms with Gasteiger partial charge in [0.15, 0.2) is 0 Å². The first-order valence-electron chi connectivity index (χ1n) is 4.34. The quantitative estimate of drug-likeness (QED) is 0.544. The molecule has 0 bridgehead atoms. The maximum atomic E-state index is 8.56. The third-order valence-electron chi connectivity index (χ3n) is 1.84. The minimum Gasteiger partial charge on any atom is -0.491 e. The van der Waals surface area contributed by atoms with Gasteiger partial charge in [0.25, 0.3) is 0 Å². The van der Waals surface area contributed by atoms with Crippen molar-refractivity contribution in [3.8, 4) is 5.75 Å². The summed E-state index contributed by atoms with van der Waals surface area (Å²) < 4.78 is 5.37. The molecule has 0 saturated carbocycles. The molecule has 0 aliphatic carbocycles. The van der Waals surface area contributed by atoms with E-state index in [0.29, 0.717) is 24.5 Å². The highest BCUT2D eigenvalue weighted by Crippen LogP contribution is 2.24. The Morgan fingerprint density at radius 1 is 1.46 bits per heavy atom. The Balaban J connectivity index is 2.61. The highest BCUT2D eigenvalue weighted by atomic mass is 16.5. The lowest BCUT2D eigenvalue weighted by Crippen LogP contribution is -2.02. The van der Waals surface area contributed by atoms with E-state index in [-0.39, 0.29) is 6.61 Å². The van der Waals surface area contributed by atoms with E-state index in [1.807, 2.05) is 25.1 Å². The molecular formula is C10H15NO2. The van der Waals surface area contributed by atoms with Gasteiger partial charge in [-0.15, -0.1) is 0 Å². The molecule has 0 aliphatic rings. The van der Waals surface area contributed by atoms with Crippen LogP contribution in [0.2, 0.25) is 0 Å². The first-order valence-corrected chi connectivity index (χ1v) is 4.34. The van der Waals surface area contributed by atoms with E-state index >= 15 is 0 Å². The SMILES string of the molecule is Cc1cccc(OCCCO)c1N. The largest absolute Gasteiger partial charge is 0.491 e. The highest BCUT2D eigenvalue weighted by Gasteiger charge is 2.01. The summed E-state index contributed by atoms with van der Waals surface area (Å²) in [5, 5.41) is 8.56. The first kappa shape index (κ1) is 9.86. The summed E-state index contributed by atoms with van der Waals surface area (Å²) in [4.78, 5) is 0. The van der Waals surface area contributed by atoms with Crippen molar-refractivity contribution in [2.45, 2.75) is 13.3 Å². The molecule has 0 heterocycles. The fraction of sp³-hybridized carbons (Fsp3) is 0.400. The minimum absolute atomic E-state index is 0.145. The lowest BCUT2D eigenvalue weighted by molar-refractivity contribution is 0.234. The molecular weight excluding hydrogens is 166 g/mol. The van der Waals surface area contributed by atoms with E-state index in [2.05, 4.69) is 0 Å². The van der Waals surface area contributed by atoms with Crippen molar-refractivity contribution >= 4 is 5.69 Å². The van der Waals surface area contributed by atoms with Crippen molar-refractivity contribution < 1.29 is 9.84 Å². The van der Waals surface area contributed by atoms with Crippen molar-refractivity contribution in [1.82, 2.24) is 0 Å². The molecule has 3 heteroatoms. The predicted octanol–water partition coefficient (Wildman–Crippen LogP) is 1.34. The van der Waals surface area contributed by atoms with E-state index in [0.717, 1.165) is 5.56 Å². The van der Waals surface area contributed by atoms with Crippen LogP contribution in [-0.4, -0.2) is 18.3 Å². The molecule has 13 heavy (non-hydrogen) atoms. The summed E-state index contributed by atoms with van der Waals surface area (Å²) in [6.45, 7) is 2.59. The molecule has 1 aromatic carbocycles. The zero-order valence-electron chi connectivity index (χ0n) is 7.79. The third-order valence-corrected chi connectivity index (χ3v) is 1.84. The second kappa shape index (κ2) is 4.72. The van der Waals surface area contributed by atoms with Gasteiger partial charge in [-0.1, -0.05) is 12.1 Å². The van der Waals surface area contributed by atoms with Gasteiger partial charge in [0.2, 0.25) is 0 Å². The Hall–Kier alpha value is -1.22. The molecule has 0 fully saturated rings. The summed E-state index contributed by atoms with van der Waals surface area (Å²) in [6.07, 6.45) is 0.632. The van der Waals surface area contributed by atoms with Crippen LogP contribution in [0, 0.1) is 6.92 Å². The maximum Gasteiger partial charge on any atom is 0.142 e. The molecule has 1 aromatic rings. The molecule has 0 amide bonds. The van der Waals surface area contributed by atoms with E-state index in [9.17, 15) is 0 Å². The van der Waals surface area contributed by atoms with Gasteiger partial charge in [-0.05, 0) is 18.6 Å². The van der Waals surface area contributed by atoms with Crippen LogP contribution in [-0.2, 0) is 0 Å². The van der Waals surface area contributed by atoms with E-state index in [4.69, 9.17) is 15.6 Å². The Labute approximate surface area is 78.1 Å². The molecule has 1 rings (SSSR count). The monoisotopic (exact) mass is 181 g/mol. The smallest absolute Gasteiger partial charge is 0.142 e. The Morgan fingerprint density at radius 2 is 2.23 bits per heavy atom. The van der Waals surface area contributed by atoms with Crippen molar-refractivity contribution in [3.63, 3.8) is 0 Å². The fourth-order valence-electron chi connectivity index (χ4n) is 1.03. The van der Waals surface area contributed by atoms with Gasteiger partial charge in [0, 0.05) is 13.0 Å². The number of anilines is 1. The van der Waals surface area contributed by atoms with Gasteiger partial charge < -0.3 is 15.6 Å². The molecule has 0 aliphatic heterocycles. The van der Waals surface area contributed by atoms with Crippen molar-refractivity contribution in [1.29, 1.82) is 0 Å². The summed E-state index contributed by atoms with van der Waals surface area (Å²) in [5.41, 5.74) is 7.47. The van der Waals surface area contributed by atoms with Crippen LogP contribution >= 0.6 is 0 Å². The number of ether oxygens (including phenoxy) is 1. The number of nitrogens with two attached hydrogens (primary N) is 1. The van der Waals surface area contributed by atoms with Gasteiger partial charge >= 0.3 is 0 Å². The number of benzene rings is 1. The Morgan fingerprint density at radius 3 is 2.92 bits per heavy atom. The van der Waals surface area contributed by atoms with E-state index < -0.39 is 0 Å². The number of aryl methyl sites for hydroxylation is 1. The number of nitrogen functional groups attached to an aromatic ring is 1. The maximum absolute atomic E-state index is 8.56. The van der Waals surface area contributed by atoms with Gasteiger partial charge in [-0.3, -0.25) is 0 Å². The van der Waals surface area contributed by atoms with Crippen LogP contribution in [0.5, 0.6) is 5.75 Å². The molecule has 0 saturated heterocycles. The lowest BCUT2D eigenvalue weighted by atomic mass is 10.2. The van der Waals surface area contributed by atoms with Crippen LogP contribution in [0.4, 0.5) is 5.69 Å². The first-order chi connectivity index (χ1) is 6.25. The molecule has 0 radical (unpaired) electrons. The standard InChI is InChI=1S/C10H15NO2/c1-8-4-2-5-9(10(8)11)13-7-3-6-12/h2,4-5,12H,3,6-7,11H2,1H3. The summed E-state index contributed by atoms with van der Waals surface area (Å²) in [5.74, 6) is 0.702. The average molecular weight is 181 g/mol. The molecule has 72 valence electrons. The number of hydrogen-bond donors (Lipinski definition) is 2. The molecule has 0 atom stereocenters. The van der Waals surface area contributed by atoms with Crippen LogP contribution < -0.4 is 10.5 Å². The van der Waals surface area contributed by atoms with Gasteiger partial charge in [-0.2, -0.15) is 0 Å². The van der Waals surface area contributed by atoms with Crippen LogP contribution in [0.25, 0.3) is 0 Å². The van der Waals surface area contributed by atoms with Crippen LogP contribution in [0.15, 0.2) is 18.2 Å². The molecule has 0 unspecified atom stereocenters. The number of para-hydroxylation sites is 1. The average Bonchev–Trinajstić information content (AvgIpc) is 2.13. The van der Waals surface area contributed by atoms with Gasteiger partial charge in [0.05, 0.1) is 12.3 Å². The third kappa shape index (κ3) is 2.63. The molecule has 0 aromatic heterocycles.